The van der Waals surface area contributed by atoms with Crippen LogP contribution in [0, 0.1) is 0 Å². The van der Waals surface area contributed by atoms with E-state index in [2.05, 4.69) is 11.9 Å². The van der Waals surface area contributed by atoms with Crippen LogP contribution in [0.2, 0.25) is 0 Å². The second-order valence-corrected chi connectivity index (χ2v) is 8.68. The average Bonchev–Trinajstić information content (AvgIpc) is 2.45. The van der Waals surface area contributed by atoms with Crippen molar-refractivity contribution in [1.29, 1.82) is 0 Å². The lowest BCUT2D eigenvalue weighted by atomic mass is 10.1. The fraction of sp³-hybridized carbons (Fsp3) is 0.357. The Balaban J connectivity index is 2.52. The minimum absolute atomic E-state index is 0.0171. The highest BCUT2D eigenvalue weighted by Crippen LogP contribution is 2.08. The first-order chi connectivity index (χ1) is 11.0. The van der Waals surface area contributed by atoms with Gasteiger partial charge in [0.1, 0.15) is 0 Å². The molecular weight excluding hydrogens is 354 g/mol. The van der Waals surface area contributed by atoms with Crippen LogP contribution in [0.3, 0.4) is 0 Å². The van der Waals surface area contributed by atoms with Crippen molar-refractivity contribution in [1.82, 2.24) is 9.62 Å². The molecule has 0 fully saturated rings. The van der Waals surface area contributed by atoms with Crippen molar-refractivity contribution in [3.8, 4) is 0 Å². The van der Waals surface area contributed by atoms with Gasteiger partial charge in [0.25, 0.3) is 0 Å². The lowest BCUT2D eigenvalue weighted by Gasteiger charge is -2.17. The van der Waals surface area contributed by atoms with Gasteiger partial charge in [0.15, 0.2) is 0 Å². The van der Waals surface area contributed by atoms with Gasteiger partial charge in [-0.3, -0.25) is 4.79 Å². The summed E-state index contributed by atoms with van der Waals surface area (Å²) in [6, 6.07) is 5.99. The Bertz CT molecular complexity index is 786. The number of sulfonamides is 2. The van der Waals surface area contributed by atoms with E-state index in [0.29, 0.717) is 13.0 Å². The first kappa shape index (κ1) is 20.3. The van der Waals surface area contributed by atoms with E-state index < -0.39 is 26.0 Å². The third kappa shape index (κ3) is 6.79. The number of nitrogens with one attached hydrogen (secondary N) is 1. The summed E-state index contributed by atoms with van der Waals surface area (Å²) in [5, 5.41) is 7.62. The van der Waals surface area contributed by atoms with Crippen molar-refractivity contribution in [3.63, 3.8) is 0 Å². The van der Waals surface area contributed by atoms with Crippen molar-refractivity contribution in [3.05, 3.63) is 42.5 Å². The molecule has 0 aliphatic rings. The number of hydrogen-bond donors (Lipinski definition) is 2. The number of benzene rings is 1. The summed E-state index contributed by atoms with van der Waals surface area (Å²) in [6.07, 6.45) is 2.90. The summed E-state index contributed by atoms with van der Waals surface area (Å²) < 4.78 is 46.3. The van der Waals surface area contributed by atoms with E-state index in [9.17, 15) is 21.6 Å². The number of nitrogens with two attached hydrogens (primary N) is 1. The van der Waals surface area contributed by atoms with Gasteiger partial charge in [0.05, 0.1) is 17.7 Å². The summed E-state index contributed by atoms with van der Waals surface area (Å²) in [4.78, 5) is 11.8. The van der Waals surface area contributed by atoms with E-state index in [1.165, 1.54) is 18.2 Å². The molecule has 0 heterocycles. The first-order valence-corrected chi connectivity index (χ1v) is 10.4. The lowest BCUT2D eigenvalue weighted by molar-refractivity contribution is -0.121. The van der Waals surface area contributed by atoms with Crippen LogP contribution in [-0.2, 0) is 31.3 Å². The number of carbonyl (C=O) groups is 1. The Hall–Kier alpha value is -1.75. The normalized spacial score (nSPS) is 12.1. The molecule has 0 atom stereocenters. The number of rotatable bonds is 9. The van der Waals surface area contributed by atoms with Crippen molar-refractivity contribution in [2.24, 2.45) is 5.14 Å². The molecule has 134 valence electrons. The molecule has 3 N–H and O–H groups in total. The van der Waals surface area contributed by atoms with Gasteiger partial charge in [-0.1, -0.05) is 18.2 Å². The van der Waals surface area contributed by atoms with Gasteiger partial charge in [0.2, 0.25) is 26.0 Å². The zero-order chi connectivity index (χ0) is 18.4. The molecular formula is C14H21N3O5S2. The van der Waals surface area contributed by atoms with Crippen LogP contribution in [-0.4, -0.2) is 52.9 Å². The highest BCUT2D eigenvalue weighted by molar-refractivity contribution is 7.89. The highest BCUT2D eigenvalue weighted by Gasteiger charge is 2.18. The van der Waals surface area contributed by atoms with E-state index in [4.69, 9.17) is 5.14 Å². The fourth-order valence-corrected chi connectivity index (χ4v) is 3.11. The second-order valence-electron chi connectivity index (χ2n) is 5.13. The molecule has 0 radical (unpaired) electrons. The molecule has 24 heavy (non-hydrogen) atoms. The van der Waals surface area contributed by atoms with Gasteiger partial charge in [-0.2, -0.15) is 4.31 Å². The molecule has 0 aliphatic carbocycles. The van der Waals surface area contributed by atoms with Crippen LogP contribution < -0.4 is 10.5 Å². The Morgan fingerprint density at radius 1 is 1.25 bits per heavy atom. The topological polar surface area (TPSA) is 127 Å². The van der Waals surface area contributed by atoms with E-state index in [-0.39, 0.29) is 18.0 Å². The average molecular weight is 375 g/mol. The van der Waals surface area contributed by atoms with E-state index in [1.54, 1.807) is 12.1 Å². The molecule has 0 saturated carbocycles. The van der Waals surface area contributed by atoms with Crippen molar-refractivity contribution in [2.75, 3.05) is 25.9 Å². The molecule has 0 saturated heterocycles. The summed E-state index contributed by atoms with van der Waals surface area (Å²) in [6.45, 7) is 3.52. The molecule has 0 unspecified atom stereocenters. The van der Waals surface area contributed by atoms with Crippen LogP contribution in [0.1, 0.15) is 5.56 Å². The van der Waals surface area contributed by atoms with Gasteiger partial charge in [-0.25, -0.2) is 22.0 Å². The number of nitrogens with zero attached hydrogens (tertiary/aromatic N) is 1. The third-order valence-electron chi connectivity index (χ3n) is 3.11. The van der Waals surface area contributed by atoms with Crippen LogP contribution >= 0.6 is 0 Å². The second kappa shape index (κ2) is 8.38. The van der Waals surface area contributed by atoms with Gasteiger partial charge < -0.3 is 5.32 Å². The summed E-state index contributed by atoms with van der Waals surface area (Å²) >= 11 is 0. The van der Waals surface area contributed by atoms with Crippen LogP contribution in [0.4, 0.5) is 0 Å². The zero-order valence-electron chi connectivity index (χ0n) is 13.3. The monoisotopic (exact) mass is 375 g/mol. The van der Waals surface area contributed by atoms with Gasteiger partial charge >= 0.3 is 0 Å². The SMILES string of the molecule is C=CCN(CC(=O)NCCc1ccc(S(N)(=O)=O)cc1)S(C)(=O)=O. The predicted octanol–water partition coefficient (Wildman–Crippen LogP) is -0.560. The minimum atomic E-state index is -3.73. The Kier molecular flexibility index (Phi) is 7.08. The van der Waals surface area contributed by atoms with E-state index >= 15 is 0 Å². The maximum Gasteiger partial charge on any atom is 0.238 e. The van der Waals surface area contributed by atoms with Crippen LogP contribution in [0.5, 0.6) is 0 Å². The third-order valence-corrected chi connectivity index (χ3v) is 5.25. The molecule has 0 aromatic heterocycles. The number of primary sulfonamides is 1. The fourth-order valence-electron chi connectivity index (χ4n) is 1.87. The standard InChI is InChI=1S/C14H21N3O5S2/c1-3-10-17(23(2,19)20)11-14(18)16-9-8-12-4-6-13(7-5-12)24(15,21)22/h3-7H,1,8-11H2,2H3,(H,16,18)(H2,15,21,22). The summed E-state index contributed by atoms with van der Waals surface area (Å²) in [5.74, 6) is -0.427. The number of amides is 1. The molecule has 0 spiro atoms. The van der Waals surface area contributed by atoms with E-state index in [0.717, 1.165) is 16.1 Å². The summed E-state index contributed by atoms with van der Waals surface area (Å²) in [7, 11) is -7.21. The molecule has 1 rings (SSSR count). The van der Waals surface area contributed by atoms with Gasteiger partial charge in [-0.15, -0.1) is 6.58 Å². The number of hydrogen-bond acceptors (Lipinski definition) is 5. The van der Waals surface area contributed by atoms with Crippen molar-refractivity contribution in [2.45, 2.75) is 11.3 Å². The molecule has 0 aliphatic heterocycles. The quantitative estimate of drug-likeness (QED) is 0.560. The molecule has 1 aromatic carbocycles. The van der Waals surface area contributed by atoms with Gasteiger partial charge in [-0.05, 0) is 24.1 Å². The number of carbonyl (C=O) groups excluding carboxylic acids is 1. The maximum atomic E-state index is 11.8. The summed E-state index contributed by atoms with van der Waals surface area (Å²) in [5.41, 5.74) is 0.814. The highest BCUT2D eigenvalue weighted by atomic mass is 32.2. The zero-order valence-corrected chi connectivity index (χ0v) is 14.9. The molecule has 1 amide bonds. The van der Waals surface area contributed by atoms with Crippen molar-refractivity contribution < 1.29 is 21.6 Å². The Labute approximate surface area is 142 Å². The predicted molar refractivity (Wildman–Crippen MR) is 91.1 cm³/mol. The van der Waals surface area contributed by atoms with Gasteiger partial charge in [0, 0.05) is 13.1 Å². The Morgan fingerprint density at radius 2 is 1.83 bits per heavy atom. The lowest BCUT2D eigenvalue weighted by Crippen LogP contribution is -2.40. The van der Waals surface area contributed by atoms with Crippen LogP contribution in [0.15, 0.2) is 41.8 Å². The molecule has 1 aromatic rings. The maximum absolute atomic E-state index is 11.8. The molecule has 8 nitrogen and oxygen atoms in total. The largest absolute Gasteiger partial charge is 0.355 e. The van der Waals surface area contributed by atoms with E-state index in [1.807, 2.05) is 0 Å². The molecule has 0 bridgehead atoms. The Morgan fingerprint density at radius 3 is 2.29 bits per heavy atom. The minimum Gasteiger partial charge on any atom is -0.355 e. The van der Waals surface area contributed by atoms with Crippen molar-refractivity contribution >= 4 is 26.0 Å². The molecule has 10 heteroatoms. The van der Waals surface area contributed by atoms with Crippen LogP contribution in [0.25, 0.3) is 0 Å². The smallest absolute Gasteiger partial charge is 0.238 e. The first-order valence-electron chi connectivity index (χ1n) is 6.98.